The standard InChI is InChI=1S/C18H24N2O3/c21-16-12-20(18(23)14-8-2-1-3-9-14)11-10-15(16)19-17(22)13-6-4-5-7-13/h1-3,8-9,13,15-16,21H,4-7,10-12H2,(H,19,22)/t15-,16-/m1/s1. The number of hydrogen-bond acceptors (Lipinski definition) is 3. The van der Waals surface area contributed by atoms with Crippen LogP contribution in [0.3, 0.4) is 0 Å². The minimum Gasteiger partial charge on any atom is -0.389 e. The van der Waals surface area contributed by atoms with Gasteiger partial charge in [0.25, 0.3) is 5.91 Å². The van der Waals surface area contributed by atoms with Gasteiger partial charge in [0.05, 0.1) is 12.1 Å². The molecule has 5 heteroatoms. The molecule has 23 heavy (non-hydrogen) atoms. The maximum Gasteiger partial charge on any atom is 0.253 e. The predicted octanol–water partition coefficient (Wildman–Crippen LogP) is 1.57. The van der Waals surface area contributed by atoms with E-state index in [4.69, 9.17) is 0 Å². The summed E-state index contributed by atoms with van der Waals surface area (Å²) in [5.74, 6) is 0.103. The summed E-state index contributed by atoms with van der Waals surface area (Å²) < 4.78 is 0. The average molecular weight is 316 g/mol. The Balaban J connectivity index is 1.55. The van der Waals surface area contributed by atoms with Crippen LogP contribution in [-0.4, -0.2) is 47.1 Å². The van der Waals surface area contributed by atoms with Gasteiger partial charge in [0.15, 0.2) is 0 Å². The van der Waals surface area contributed by atoms with Crippen LogP contribution in [0.4, 0.5) is 0 Å². The monoisotopic (exact) mass is 316 g/mol. The van der Waals surface area contributed by atoms with Gasteiger partial charge in [-0.1, -0.05) is 31.0 Å². The molecule has 2 amide bonds. The van der Waals surface area contributed by atoms with Crippen molar-refractivity contribution >= 4 is 11.8 Å². The van der Waals surface area contributed by atoms with E-state index in [9.17, 15) is 14.7 Å². The Morgan fingerprint density at radius 1 is 1.09 bits per heavy atom. The molecule has 1 heterocycles. The number of aliphatic hydroxyl groups is 1. The lowest BCUT2D eigenvalue weighted by Crippen LogP contribution is -2.56. The molecule has 1 aliphatic heterocycles. The molecule has 1 saturated heterocycles. The van der Waals surface area contributed by atoms with Crippen LogP contribution in [0.25, 0.3) is 0 Å². The smallest absolute Gasteiger partial charge is 0.253 e. The highest BCUT2D eigenvalue weighted by molar-refractivity contribution is 5.94. The van der Waals surface area contributed by atoms with Crippen LogP contribution >= 0.6 is 0 Å². The second-order valence-electron chi connectivity index (χ2n) is 6.57. The summed E-state index contributed by atoms with van der Waals surface area (Å²) in [6, 6.07) is 8.85. The molecule has 124 valence electrons. The van der Waals surface area contributed by atoms with Crippen molar-refractivity contribution in [1.82, 2.24) is 10.2 Å². The molecule has 2 N–H and O–H groups in total. The SMILES string of the molecule is O=C(N[C@@H]1CCN(C(=O)c2ccccc2)C[C@H]1O)C1CCCC1. The highest BCUT2D eigenvalue weighted by Crippen LogP contribution is 2.25. The molecule has 2 aliphatic rings. The van der Waals surface area contributed by atoms with Gasteiger partial charge in [-0.25, -0.2) is 0 Å². The van der Waals surface area contributed by atoms with Crippen molar-refractivity contribution in [3.63, 3.8) is 0 Å². The van der Waals surface area contributed by atoms with E-state index in [1.165, 1.54) is 0 Å². The number of hydrogen-bond donors (Lipinski definition) is 2. The molecule has 0 radical (unpaired) electrons. The zero-order valence-corrected chi connectivity index (χ0v) is 13.3. The van der Waals surface area contributed by atoms with Crippen molar-refractivity contribution in [2.45, 2.75) is 44.2 Å². The maximum absolute atomic E-state index is 12.4. The second-order valence-corrected chi connectivity index (χ2v) is 6.57. The van der Waals surface area contributed by atoms with E-state index in [0.29, 0.717) is 18.5 Å². The summed E-state index contributed by atoms with van der Waals surface area (Å²) in [4.78, 5) is 26.3. The molecule has 5 nitrogen and oxygen atoms in total. The van der Waals surface area contributed by atoms with Gasteiger partial charge in [-0.05, 0) is 31.4 Å². The van der Waals surface area contributed by atoms with Crippen molar-refractivity contribution in [3.05, 3.63) is 35.9 Å². The molecule has 2 atom stereocenters. The van der Waals surface area contributed by atoms with E-state index in [1.54, 1.807) is 17.0 Å². The molecule has 2 fully saturated rings. The molecule has 0 bridgehead atoms. The van der Waals surface area contributed by atoms with Crippen LogP contribution < -0.4 is 5.32 Å². The number of likely N-dealkylation sites (tertiary alicyclic amines) is 1. The summed E-state index contributed by atoms with van der Waals surface area (Å²) in [6.45, 7) is 0.823. The summed E-state index contributed by atoms with van der Waals surface area (Å²) in [5.41, 5.74) is 0.633. The average Bonchev–Trinajstić information content (AvgIpc) is 3.11. The van der Waals surface area contributed by atoms with Crippen molar-refractivity contribution in [2.75, 3.05) is 13.1 Å². The molecule has 1 aromatic carbocycles. The third-order valence-corrected chi connectivity index (χ3v) is 4.94. The van der Waals surface area contributed by atoms with Crippen LogP contribution in [-0.2, 0) is 4.79 Å². The summed E-state index contributed by atoms with van der Waals surface area (Å²) in [6.07, 6.45) is 4.02. The molecule has 0 spiro atoms. The van der Waals surface area contributed by atoms with Gasteiger partial charge < -0.3 is 15.3 Å². The fraction of sp³-hybridized carbons (Fsp3) is 0.556. The van der Waals surface area contributed by atoms with Crippen LogP contribution in [0, 0.1) is 5.92 Å². The Labute approximate surface area is 136 Å². The first-order valence-electron chi connectivity index (χ1n) is 8.48. The van der Waals surface area contributed by atoms with Crippen LogP contribution in [0.5, 0.6) is 0 Å². The molecular formula is C18H24N2O3. The van der Waals surface area contributed by atoms with Crippen molar-refractivity contribution in [2.24, 2.45) is 5.92 Å². The lowest BCUT2D eigenvalue weighted by Gasteiger charge is -2.36. The summed E-state index contributed by atoms with van der Waals surface area (Å²) in [5, 5.41) is 13.3. The first kappa shape index (κ1) is 16.0. The number of nitrogens with one attached hydrogen (secondary N) is 1. The number of benzene rings is 1. The Bertz CT molecular complexity index is 555. The fourth-order valence-corrected chi connectivity index (χ4v) is 3.54. The van der Waals surface area contributed by atoms with Gasteiger partial charge in [-0.3, -0.25) is 9.59 Å². The number of rotatable bonds is 3. The molecule has 3 rings (SSSR count). The molecule has 0 aromatic heterocycles. The topological polar surface area (TPSA) is 69.6 Å². The van der Waals surface area contributed by atoms with Gasteiger partial charge in [0, 0.05) is 24.6 Å². The van der Waals surface area contributed by atoms with E-state index >= 15 is 0 Å². The van der Waals surface area contributed by atoms with Crippen LogP contribution in [0.15, 0.2) is 30.3 Å². The van der Waals surface area contributed by atoms with Crippen molar-refractivity contribution in [1.29, 1.82) is 0 Å². The van der Waals surface area contributed by atoms with Crippen LogP contribution in [0.2, 0.25) is 0 Å². The molecule has 1 aromatic rings. The largest absolute Gasteiger partial charge is 0.389 e. The number of carbonyl (C=O) groups excluding carboxylic acids is 2. The number of piperidine rings is 1. The predicted molar refractivity (Wildman–Crippen MR) is 86.9 cm³/mol. The van der Waals surface area contributed by atoms with Gasteiger partial charge in [0.2, 0.25) is 5.91 Å². The number of nitrogens with zero attached hydrogens (tertiary/aromatic N) is 1. The number of β-amino-alcohol motifs (C(OH)–C–C–N with tert-alkyl or cyclic N) is 1. The molecule has 1 saturated carbocycles. The fourth-order valence-electron chi connectivity index (χ4n) is 3.54. The summed E-state index contributed by atoms with van der Waals surface area (Å²) >= 11 is 0. The third kappa shape index (κ3) is 3.72. The normalized spacial score (nSPS) is 25.3. The maximum atomic E-state index is 12.4. The molecular weight excluding hydrogens is 292 g/mol. The quantitative estimate of drug-likeness (QED) is 0.889. The van der Waals surface area contributed by atoms with Gasteiger partial charge in [0.1, 0.15) is 0 Å². The van der Waals surface area contributed by atoms with Crippen molar-refractivity contribution < 1.29 is 14.7 Å². The van der Waals surface area contributed by atoms with Crippen molar-refractivity contribution in [3.8, 4) is 0 Å². The lowest BCUT2D eigenvalue weighted by molar-refractivity contribution is -0.126. The second kappa shape index (κ2) is 7.13. The van der Waals surface area contributed by atoms with E-state index in [2.05, 4.69) is 5.32 Å². The zero-order valence-electron chi connectivity index (χ0n) is 13.3. The zero-order chi connectivity index (χ0) is 16.2. The Kier molecular flexibility index (Phi) is 4.96. The third-order valence-electron chi connectivity index (χ3n) is 4.94. The number of amides is 2. The highest BCUT2D eigenvalue weighted by Gasteiger charge is 2.33. The lowest BCUT2D eigenvalue weighted by atomic mass is 9.99. The molecule has 1 aliphatic carbocycles. The summed E-state index contributed by atoms with van der Waals surface area (Å²) in [7, 11) is 0. The van der Waals surface area contributed by atoms with E-state index in [-0.39, 0.29) is 30.3 Å². The van der Waals surface area contributed by atoms with E-state index in [0.717, 1.165) is 25.7 Å². The van der Waals surface area contributed by atoms with Gasteiger partial charge in [-0.15, -0.1) is 0 Å². The minimum atomic E-state index is -0.707. The highest BCUT2D eigenvalue weighted by atomic mass is 16.3. The van der Waals surface area contributed by atoms with Gasteiger partial charge >= 0.3 is 0 Å². The Morgan fingerprint density at radius 2 is 1.78 bits per heavy atom. The van der Waals surface area contributed by atoms with Crippen LogP contribution in [0.1, 0.15) is 42.5 Å². The minimum absolute atomic E-state index is 0.0642. The van der Waals surface area contributed by atoms with E-state index in [1.807, 2.05) is 18.2 Å². The Hall–Kier alpha value is -1.88. The number of carbonyl (C=O) groups is 2. The first-order chi connectivity index (χ1) is 11.1. The first-order valence-corrected chi connectivity index (χ1v) is 8.48. The Morgan fingerprint density at radius 3 is 2.43 bits per heavy atom. The number of aliphatic hydroxyl groups excluding tert-OH is 1. The van der Waals surface area contributed by atoms with E-state index < -0.39 is 6.10 Å². The van der Waals surface area contributed by atoms with Gasteiger partial charge in [-0.2, -0.15) is 0 Å². The molecule has 0 unspecified atom stereocenters.